The van der Waals surface area contributed by atoms with Crippen molar-refractivity contribution in [2.24, 2.45) is 5.73 Å². The number of amidine groups is 1. The molecule has 0 heterocycles. The minimum absolute atomic E-state index is 0.0126. The molecule has 0 radical (unpaired) electrons. The molecule has 0 fully saturated rings. The highest BCUT2D eigenvalue weighted by atomic mass is 19.4. The number of hydrogen-bond acceptors (Lipinski definition) is 8. The molecule has 0 aliphatic heterocycles. The zero-order chi connectivity index (χ0) is 40.2. The standard InChI is InChI=1S/C30H37N5O4.2C2HF3O2/c1-21(29(37)34-20-23-7-12-25(13-8-23)28(31)32)35-30(38)27(16-11-22-5-3-2-4-6-22)33-19-24-9-14-26(15-10-24)39-18-17-36;2*3-2(4,5)1(6)7/h2-10,12-15,21,27,33,36H,11,16-20H2,1H3,(H3,31,32)(H,34,37)(H,35,38);2*(H,6,7)/t21-,27+;;/m0../s1. The lowest BCUT2D eigenvalue weighted by atomic mass is 10.0. The van der Waals surface area contributed by atoms with Gasteiger partial charge in [-0.1, -0.05) is 66.7 Å². The van der Waals surface area contributed by atoms with Gasteiger partial charge in [0.25, 0.3) is 0 Å². The maximum absolute atomic E-state index is 13.2. The van der Waals surface area contributed by atoms with Gasteiger partial charge in [-0.2, -0.15) is 26.3 Å². The van der Waals surface area contributed by atoms with Crippen LogP contribution < -0.4 is 26.4 Å². The molecule has 3 aromatic rings. The Morgan fingerprint density at radius 2 is 1.26 bits per heavy atom. The number of alkyl halides is 6. The second-order valence-corrected chi connectivity index (χ2v) is 10.8. The summed E-state index contributed by atoms with van der Waals surface area (Å²) in [4.78, 5) is 43.7. The zero-order valence-corrected chi connectivity index (χ0v) is 28.1. The van der Waals surface area contributed by atoms with E-state index in [-0.39, 0.29) is 30.9 Å². The van der Waals surface area contributed by atoms with Gasteiger partial charge in [-0.3, -0.25) is 15.0 Å². The lowest BCUT2D eigenvalue weighted by Crippen LogP contribution is -2.51. The summed E-state index contributed by atoms with van der Waals surface area (Å²) in [6, 6.07) is 23.2. The second kappa shape index (κ2) is 22.3. The molecule has 2 atom stereocenters. The summed E-state index contributed by atoms with van der Waals surface area (Å²) in [5, 5.41) is 39.6. The van der Waals surface area contributed by atoms with E-state index >= 15 is 0 Å². The number of hydrogen-bond donors (Lipinski definition) is 8. The minimum Gasteiger partial charge on any atom is -0.491 e. The number of aryl methyl sites for hydroxylation is 1. The number of nitrogens with two attached hydrogens (primary N) is 1. The van der Waals surface area contributed by atoms with E-state index in [1.54, 1.807) is 31.2 Å². The fraction of sp³-hybridized carbons (Fsp3) is 0.324. The number of benzene rings is 3. The van der Waals surface area contributed by atoms with Crippen LogP contribution in [0.1, 0.15) is 35.6 Å². The van der Waals surface area contributed by atoms with E-state index in [0.717, 1.165) is 16.7 Å². The van der Waals surface area contributed by atoms with E-state index in [2.05, 4.69) is 16.0 Å². The Labute approximate surface area is 299 Å². The average molecular weight is 760 g/mol. The largest absolute Gasteiger partial charge is 0.491 e. The van der Waals surface area contributed by atoms with E-state index in [0.29, 0.717) is 37.2 Å². The van der Waals surface area contributed by atoms with Gasteiger partial charge in [-0.15, -0.1) is 0 Å². The molecule has 0 aliphatic carbocycles. The lowest BCUT2D eigenvalue weighted by molar-refractivity contribution is -0.193. The summed E-state index contributed by atoms with van der Waals surface area (Å²) in [6.07, 6.45) is -8.90. The number of amides is 2. The predicted octanol–water partition coefficient (Wildman–Crippen LogP) is 3.52. The maximum atomic E-state index is 13.2. The molecule has 0 saturated heterocycles. The number of carbonyl (C=O) groups is 4. The third-order valence-electron chi connectivity index (χ3n) is 6.69. The molecule has 0 spiro atoms. The Balaban J connectivity index is 0.000000845. The van der Waals surface area contributed by atoms with Crippen molar-refractivity contribution in [1.82, 2.24) is 16.0 Å². The number of aliphatic hydroxyl groups is 1. The van der Waals surface area contributed by atoms with E-state index in [1.165, 1.54) is 0 Å². The first-order chi connectivity index (χ1) is 24.7. The van der Waals surface area contributed by atoms with Gasteiger partial charge in [0.2, 0.25) is 11.8 Å². The van der Waals surface area contributed by atoms with Gasteiger partial charge < -0.3 is 41.7 Å². The van der Waals surface area contributed by atoms with Crippen molar-refractivity contribution in [2.45, 2.75) is 57.3 Å². The summed E-state index contributed by atoms with van der Waals surface area (Å²) in [6.45, 7) is 2.60. The number of nitrogen functional groups attached to an aromatic ring is 1. The third kappa shape index (κ3) is 18.9. The molecular weight excluding hydrogens is 720 g/mol. The summed E-state index contributed by atoms with van der Waals surface area (Å²) in [5.74, 6) is -5.40. The van der Waals surface area contributed by atoms with Crippen LogP contribution in [-0.4, -0.2) is 82.6 Å². The molecule has 9 N–H and O–H groups in total. The van der Waals surface area contributed by atoms with Crippen molar-refractivity contribution in [3.05, 3.63) is 101 Å². The fourth-order valence-corrected chi connectivity index (χ4v) is 3.91. The molecule has 0 saturated carbocycles. The third-order valence-corrected chi connectivity index (χ3v) is 6.69. The van der Waals surface area contributed by atoms with Crippen LogP contribution in [0.15, 0.2) is 78.9 Å². The first-order valence-corrected chi connectivity index (χ1v) is 15.5. The van der Waals surface area contributed by atoms with Crippen LogP contribution in [0.4, 0.5) is 26.3 Å². The molecule has 53 heavy (non-hydrogen) atoms. The quantitative estimate of drug-likeness (QED) is 0.0640. The van der Waals surface area contributed by atoms with Crippen LogP contribution in [-0.2, 0) is 38.7 Å². The number of aliphatic carboxylic acids is 2. The van der Waals surface area contributed by atoms with Crippen LogP contribution in [0.2, 0.25) is 0 Å². The number of carboxylic acid groups (broad SMARTS) is 2. The first-order valence-electron chi connectivity index (χ1n) is 15.5. The highest BCUT2D eigenvalue weighted by Gasteiger charge is 2.38. The highest BCUT2D eigenvalue weighted by molar-refractivity contribution is 5.95. The van der Waals surface area contributed by atoms with E-state index in [1.807, 2.05) is 54.6 Å². The molecule has 0 bridgehead atoms. The number of rotatable bonds is 15. The van der Waals surface area contributed by atoms with Crippen LogP contribution >= 0.6 is 0 Å². The van der Waals surface area contributed by atoms with Gasteiger partial charge in [0.05, 0.1) is 12.6 Å². The summed E-state index contributed by atoms with van der Waals surface area (Å²) in [7, 11) is 0. The molecule has 2 amide bonds. The first kappa shape index (κ1) is 45.3. The monoisotopic (exact) mass is 759 g/mol. The summed E-state index contributed by atoms with van der Waals surface area (Å²) >= 11 is 0. The minimum atomic E-state index is -5.08. The lowest BCUT2D eigenvalue weighted by Gasteiger charge is -2.21. The number of halogens is 6. The van der Waals surface area contributed by atoms with Crippen molar-refractivity contribution in [3.63, 3.8) is 0 Å². The molecule has 290 valence electrons. The number of aliphatic hydroxyl groups excluding tert-OH is 1. The molecule has 3 aromatic carbocycles. The van der Waals surface area contributed by atoms with Crippen molar-refractivity contribution < 1.29 is 65.6 Å². The van der Waals surface area contributed by atoms with Gasteiger partial charge in [0, 0.05) is 18.7 Å². The van der Waals surface area contributed by atoms with Crippen LogP contribution in [0, 0.1) is 5.41 Å². The van der Waals surface area contributed by atoms with Crippen molar-refractivity contribution in [2.75, 3.05) is 13.2 Å². The number of carbonyl (C=O) groups excluding carboxylic acids is 2. The smallest absolute Gasteiger partial charge is 0.490 e. The molecule has 0 aromatic heterocycles. The van der Waals surface area contributed by atoms with Crippen LogP contribution in [0.25, 0.3) is 0 Å². The fourth-order valence-electron chi connectivity index (χ4n) is 3.91. The Hall–Kier alpha value is -5.69. The van der Waals surface area contributed by atoms with Crippen molar-refractivity contribution in [3.8, 4) is 5.75 Å². The molecular formula is C34H39F6N5O8. The van der Waals surface area contributed by atoms with E-state index in [4.69, 9.17) is 40.8 Å². The number of nitrogens with one attached hydrogen (secondary N) is 4. The molecule has 0 unspecified atom stereocenters. The van der Waals surface area contributed by atoms with Crippen LogP contribution in [0.3, 0.4) is 0 Å². The maximum Gasteiger partial charge on any atom is 0.490 e. The number of carboxylic acids is 2. The van der Waals surface area contributed by atoms with Crippen LogP contribution in [0.5, 0.6) is 5.75 Å². The molecule has 3 rings (SSSR count). The normalized spacial score (nSPS) is 12.0. The van der Waals surface area contributed by atoms with Crippen molar-refractivity contribution in [1.29, 1.82) is 5.41 Å². The Bertz CT molecular complexity index is 1580. The van der Waals surface area contributed by atoms with Gasteiger partial charge in [0.1, 0.15) is 24.2 Å². The van der Waals surface area contributed by atoms with E-state index in [9.17, 15) is 35.9 Å². The average Bonchev–Trinajstić information content (AvgIpc) is 3.10. The zero-order valence-electron chi connectivity index (χ0n) is 28.1. The molecule has 0 aliphatic rings. The predicted molar refractivity (Wildman–Crippen MR) is 179 cm³/mol. The highest BCUT2D eigenvalue weighted by Crippen LogP contribution is 2.15. The molecule has 19 heteroatoms. The van der Waals surface area contributed by atoms with Crippen molar-refractivity contribution >= 4 is 29.6 Å². The Morgan fingerprint density at radius 3 is 1.74 bits per heavy atom. The summed E-state index contributed by atoms with van der Waals surface area (Å²) in [5.41, 5.74) is 9.07. The van der Waals surface area contributed by atoms with Gasteiger partial charge in [-0.25, -0.2) is 9.59 Å². The summed E-state index contributed by atoms with van der Waals surface area (Å²) < 4.78 is 68.9. The SMILES string of the molecule is C[C@H](NC(=O)[C@@H](CCc1ccccc1)NCc1ccc(OCCO)cc1)C(=O)NCc1ccc(C(=N)N)cc1.O=C(O)C(F)(F)F.O=C(O)C(F)(F)F. The Kier molecular flexibility index (Phi) is 19.1. The molecule has 13 nitrogen and oxygen atoms in total. The second-order valence-electron chi connectivity index (χ2n) is 10.8. The van der Waals surface area contributed by atoms with Gasteiger partial charge in [-0.05, 0) is 48.6 Å². The topological polar surface area (TPSA) is 224 Å². The van der Waals surface area contributed by atoms with E-state index < -0.39 is 36.4 Å². The van der Waals surface area contributed by atoms with Gasteiger partial charge in [0.15, 0.2) is 0 Å². The number of ether oxygens (including phenoxy) is 1. The Morgan fingerprint density at radius 1 is 0.774 bits per heavy atom. The van der Waals surface area contributed by atoms with Gasteiger partial charge >= 0.3 is 24.3 Å².